The zero-order valence-corrected chi connectivity index (χ0v) is 18.8. The number of nitrogens with two attached hydrogens (primary N) is 1. The van der Waals surface area contributed by atoms with Gasteiger partial charge in [-0.3, -0.25) is 14.4 Å². The molecule has 6 N–H and O–H groups in total. The monoisotopic (exact) mass is 454 g/mol. The van der Waals surface area contributed by atoms with Crippen LogP contribution in [0.15, 0.2) is 0 Å². The summed E-state index contributed by atoms with van der Waals surface area (Å²) in [7, 11) is 0. The second-order valence-corrected chi connectivity index (χ2v) is 8.16. The van der Waals surface area contributed by atoms with Crippen LogP contribution in [-0.4, -0.2) is 76.5 Å². The first-order valence-electron chi connectivity index (χ1n) is 8.69. The lowest BCUT2D eigenvalue weighted by Crippen LogP contribution is -2.58. The fourth-order valence-corrected chi connectivity index (χ4v) is 3.09. The van der Waals surface area contributed by atoms with Crippen molar-refractivity contribution in [1.82, 2.24) is 16.0 Å². The fourth-order valence-electron chi connectivity index (χ4n) is 2.08. The van der Waals surface area contributed by atoms with Gasteiger partial charge in [-0.1, -0.05) is 13.8 Å². The van der Waals surface area contributed by atoms with E-state index in [4.69, 9.17) is 5.73 Å². The van der Waals surface area contributed by atoms with Gasteiger partial charge >= 0.3 is 5.97 Å². The highest BCUT2D eigenvalue weighted by Crippen LogP contribution is 2.04. The average Bonchev–Trinajstić information content (AvgIpc) is 2.64. The van der Waals surface area contributed by atoms with E-state index in [2.05, 4.69) is 41.2 Å². The van der Waals surface area contributed by atoms with E-state index in [0.29, 0.717) is 12.2 Å². The molecule has 0 aromatic heterocycles. The molecule has 0 aromatic rings. The summed E-state index contributed by atoms with van der Waals surface area (Å²) in [6.45, 7) is 3.31. The SMILES string of the molecule is CSCCC(N)C(=O)NC(CS)C(=O)NC(CS)C(=O)NC(C(=O)O)C(C)C. The average molecular weight is 455 g/mol. The number of carboxylic acids is 1. The van der Waals surface area contributed by atoms with E-state index in [1.54, 1.807) is 25.6 Å². The Morgan fingerprint density at radius 1 is 0.964 bits per heavy atom. The van der Waals surface area contributed by atoms with Crippen LogP contribution in [0.4, 0.5) is 0 Å². The van der Waals surface area contributed by atoms with E-state index >= 15 is 0 Å². The third-order valence-corrected chi connectivity index (χ3v) is 5.21. The number of nitrogens with one attached hydrogen (secondary N) is 3. The zero-order chi connectivity index (χ0) is 21.9. The Balaban J connectivity index is 4.92. The van der Waals surface area contributed by atoms with E-state index in [1.807, 2.05) is 6.26 Å². The number of carbonyl (C=O) groups excluding carboxylic acids is 3. The van der Waals surface area contributed by atoms with Crippen molar-refractivity contribution in [3.8, 4) is 0 Å². The number of amides is 3. The van der Waals surface area contributed by atoms with Crippen molar-refractivity contribution in [3.63, 3.8) is 0 Å². The summed E-state index contributed by atoms with van der Waals surface area (Å²) in [5.41, 5.74) is 5.78. The molecule has 0 radical (unpaired) electrons. The molecule has 0 heterocycles. The molecule has 0 saturated carbocycles. The summed E-state index contributed by atoms with van der Waals surface area (Å²) in [6, 6.07) is -3.91. The normalized spacial score (nSPS) is 15.2. The summed E-state index contributed by atoms with van der Waals surface area (Å²) in [6.07, 6.45) is 2.35. The van der Waals surface area contributed by atoms with Crippen LogP contribution in [0.5, 0.6) is 0 Å². The third-order valence-electron chi connectivity index (χ3n) is 3.83. The maximum Gasteiger partial charge on any atom is 0.326 e. The predicted molar refractivity (Wildman–Crippen MR) is 117 cm³/mol. The minimum absolute atomic E-state index is 0.00250. The van der Waals surface area contributed by atoms with Crippen molar-refractivity contribution in [3.05, 3.63) is 0 Å². The number of thioether (sulfide) groups is 1. The van der Waals surface area contributed by atoms with Gasteiger partial charge in [0.1, 0.15) is 18.1 Å². The molecular formula is C16H30N4O5S3. The van der Waals surface area contributed by atoms with Crippen LogP contribution >= 0.6 is 37.0 Å². The number of rotatable bonds is 13. The van der Waals surface area contributed by atoms with Gasteiger partial charge in [0.25, 0.3) is 0 Å². The first-order chi connectivity index (χ1) is 13.1. The molecule has 0 saturated heterocycles. The lowest BCUT2D eigenvalue weighted by atomic mass is 10.0. The molecule has 0 aliphatic carbocycles. The first-order valence-corrected chi connectivity index (χ1v) is 11.3. The number of aliphatic carboxylic acids is 1. The summed E-state index contributed by atoms with van der Waals surface area (Å²) in [5, 5.41) is 16.5. The van der Waals surface area contributed by atoms with Crippen LogP contribution in [0, 0.1) is 5.92 Å². The van der Waals surface area contributed by atoms with Gasteiger partial charge in [-0.2, -0.15) is 37.0 Å². The molecule has 28 heavy (non-hydrogen) atoms. The van der Waals surface area contributed by atoms with Gasteiger partial charge in [-0.05, 0) is 24.3 Å². The lowest BCUT2D eigenvalue weighted by Gasteiger charge is -2.24. The summed E-state index contributed by atoms with van der Waals surface area (Å²) in [5.74, 6) is -2.66. The summed E-state index contributed by atoms with van der Waals surface area (Å²) in [4.78, 5) is 48.1. The molecule has 3 amide bonds. The third kappa shape index (κ3) is 9.39. The molecule has 4 unspecified atom stereocenters. The molecule has 0 aliphatic heterocycles. The predicted octanol–water partition coefficient (Wildman–Crippen LogP) is -0.879. The summed E-state index contributed by atoms with van der Waals surface area (Å²) < 4.78 is 0. The Bertz CT molecular complexity index is 550. The van der Waals surface area contributed by atoms with Crippen molar-refractivity contribution >= 4 is 60.7 Å². The number of carbonyl (C=O) groups is 4. The topological polar surface area (TPSA) is 151 Å². The Morgan fingerprint density at radius 3 is 1.82 bits per heavy atom. The quantitative estimate of drug-likeness (QED) is 0.179. The van der Waals surface area contributed by atoms with Gasteiger partial charge in [0.15, 0.2) is 0 Å². The van der Waals surface area contributed by atoms with E-state index < -0.39 is 47.9 Å². The van der Waals surface area contributed by atoms with Crippen molar-refractivity contribution in [2.45, 2.75) is 44.4 Å². The van der Waals surface area contributed by atoms with E-state index in [-0.39, 0.29) is 17.4 Å². The van der Waals surface area contributed by atoms with E-state index in [9.17, 15) is 24.3 Å². The Labute approximate surface area is 180 Å². The van der Waals surface area contributed by atoms with Gasteiger partial charge in [0.2, 0.25) is 17.7 Å². The van der Waals surface area contributed by atoms with Gasteiger partial charge < -0.3 is 26.8 Å². The minimum atomic E-state index is -1.17. The number of hydrogen-bond acceptors (Lipinski definition) is 8. The Morgan fingerprint density at radius 2 is 1.43 bits per heavy atom. The number of carboxylic acid groups (broad SMARTS) is 1. The van der Waals surface area contributed by atoms with Crippen LogP contribution in [0.1, 0.15) is 20.3 Å². The summed E-state index contributed by atoms with van der Waals surface area (Å²) >= 11 is 9.66. The molecule has 0 fully saturated rings. The first kappa shape index (κ1) is 26.9. The van der Waals surface area contributed by atoms with Crippen LogP contribution in [0.2, 0.25) is 0 Å². The molecule has 0 bridgehead atoms. The van der Waals surface area contributed by atoms with E-state index in [1.165, 1.54) is 0 Å². The maximum absolute atomic E-state index is 12.4. The lowest BCUT2D eigenvalue weighted by molar-refractivity contribution is -0.143. The van der Waals surface area contributed by atoms with Gasteiger partial charge in [0.05, 0.1) is 6.04 Å². The Hall–Kier alpha value is -1.11. The van der Waals surface area contributed by atoms with Crippen LogP contribution in [-0.2, 0) is 19.2 Å². The molecule has 162 valence electrons. The number of hydrogen-bond donors (Lipinski definition) is 7. The molecule has 0 aliphatic rings. The number of thiol groups is 2. The molecular weight excluding hydrogens is 424 g/mol. The van der Waals surface area contributed by atoms with Crippen LogP contribution < -0.4 is 21.7 Å². The maximum atomic E-state index is 12.4. The van der Waals surface area contributed by atoms with Crippen molar-refractivity contribution in [2.75, 3.05) is 23.5 Å². The zero-order valence-electron chi connectivity index (χ0n) is 16.2. The standard InChI is InChI=1S/C16H30N4O5S3/c1-8(2)12(16(24)25)20-15(23)11(7-27)19-14(22)10(6-26)18-13(21)9(17)4-5-28-3/h8-12,26-27H,4-7,17H2,1-3H3,(H,18,21)(H,19,22)(H,20,23)(H,24,25). The minimum Gasteiger partial charge on any atom is -0.480 e. The highest BCUT2D eigenvalue weighted by molar-refractivity contribution is 7.98. The molecule has 0 spiro atoms. The van der Waals surface area contributed by atoms with E-state index in [0.717, 1.165) is 0 Å². The second-order valence-electron chi connectivity index (χ2n) is 6.44. The second kappa shape index (κ2) is 14.0. The van der Waals surface area contributed by atoms with Crippen LogP contribution in [0.3, 0.4) is 0 Å². The molecule has 0 aromatic carbocycles. The van der Waals surface area contributed by atoms with Crippen molar-refractivity contribution < 1.29 is 24.3 Å². The molecule has 4 atom stereocenters. The van der Waals surface area contributed by atoms with Gasteiger partial charge in [-0.15, -0.1) is 0 Å². The van der Waals surface area contributed by atoms with Crippen molar-refractivity contribution in [2.24, 2.45) is 11.7 Å². The molecule has 0 rings (SSSR count). The van der Waals surface area contributed by atoms with Crippen LogP contribution in [0.25, 0.3) is 0 Å². The van der Waals surface area contributed by atoms with Gasteiger partial charge in [0, 0.05) is 11.5 Å². The largest absolute Gasteiger partial charge is 0.480 e. The highest BCUT2D eigenvalue weighted by Gasteiger charge is 2.30. The highest BCUT2D eigenvalue weighted by atomic mass is 32.2. The molecule has 9 nitrogen and oxygen atoms in total. The molecule has 12 heteroatoms. The fraction of sp³-hybridized carbons (Fsp3) is 0.750. The van der Waals surface area contributed by atoms with Gasteiger partial charge in [-0.25, -0.2) is 4.79 Å². The van der Waals surface area contributed by atoms with Crippen molar-refractivity contribution in [1.29, 1.82) is 0 Å². The smallest absolute Gasteiger partial charge is 0.326 e. The Kier molecular flexibility index (Phi) is 13.4.